The molecular formula is C22H25NO4. The van der Waals surface area contributed by atoms with E-state index in [1.165, 1.54) is 13.5 Å². The van der Waals surface area contributed by atoms with Crippen molar-refractivity contribution in [2.75, 3.05) is 18.6 Å². The van der Waals surface area contributed by atoms with Crippen LogP contribution in [0.5, 0.6) is 5.75 Å². The van der Waals surface area contributed by atoms with Gasteiger partial charge in [0.15, 0.2) is 6.61 Å². The van der Waals surface area contributed by atoms with Crippen LogP contribution in [0.1, 0.15) is 42.5 Å². The standard InChI is InChI=1S/C22H25NO4/c1-26-22(25)17-12-14-20(15-13-17)27-16-21(24)23(18-8-4-2-5-9-18)19-10-6-3-7-11-19/h2,4-5,8-9,12-15,19H,3,6-7,10-11,16H2,1H3. The molecule has 3 rings (SSSR count). The molecule has 5 nitrogen and oxygen atoms in total. The van der Waals surface area contributed by atoms with E-state index in [1.54, 1.807) is 24.3 Å². The first-order valence-corrected chi connectivity index (χ1v) is 9.37. The predicted octanol–water partition coefficient (Wildman–Crippen LogP) is 4.22. The second kappa shape index (κ2) is 9.21. The van der Waals surface area contributed by atoms with Crippen LogP contribution < -0.4 is 9.64 Å². The number of carbonyl (C=O) groups excluding carboxylic acids is 2. The van der Waals surface area contributed by atoms with Gasteiger partial charge in [-0.25, -0.2) is 4.79 Å². The van der Waals surface area contributed by atoms with Gasteiger partial charge in [0.25, 0.3) is 5.91 Å². The maximum absolute atomic E-state index is 13.0. The zero-order valence-electron chi connectivity index (χ0n) is 15.6. The van der Waals surface area contributed by atoms with E-state index in [1.807, 2.05) is 35.2 Å². The molecule has 0 aromatic heterocycles. The fourth-order valence-corrected chi connectivity index (χ4v) is 3.51. The van der Waals surface area contributed by atoms with Crippen LogP contribution in [0, 0.1) is 0 Å². The number of hydrogen-bond donors (Lipinski definition) is 0. The fraction of sp³-hybridized carbons (Fsp3) is 0.364. The summed E-state index contributed by atoms with van der Waals surface area (Å²) in [6.45, 7) is -0.0387. The first-order chi connectivity index (χ1) is 13.2. The van der Waals surface area contributed by atoms with Gasteiger partial charge in [0.05, 0.1) is 12.7 Å². The first-order valence-electron chi connectivity index (χ1n) is 9.37. The lowest BCUT2D eigenvalue weighted by Crippen LogP contribution is -2.44. The Hall–Kier alpha value is -2.82. The molecular weight excluding hydrogens is 342 g/mol. The normalized spacial score (nSPS) is 14.4. The van der Waals surface area contributed by atoms with Crippen molar-refractivity contribution < 1.29 is 19.1 Å². The molecule has 0 atom stereocenters. The van der Waals surface area contributed by atoms with Crippen molar-refractivity contribution in [3.05, 3.63) is 60.2 Å². The minimum Gasteiger partial charge on any atom is -0.484 e. The number of carbonyl (C=O) groups is 2. The quantitative estimate of drug-likeness (QED) is 0.718. The average molecular weight is 367 g/mol. The summed E-state index contributed by atoms with van der Waals surface area (Å²) in [7, 11) is 1.34. The van der Waals surface area contributed by atoms with Gasteiger partial charge in [0, 0.05) is 11.7 Å². The Bertz CT molecular complexity index is 752. The molecule has 5 heteroatoms. The zero-order valence-corrected chi connectivity index (χ0v) is 15.6. The van der Waals surface area contributed by atoms with Crippen molar-refractivity contribution in [1.29, 1.82) is 0 Å². The van der Waals surface area contributed by atoms with Crippen molar-refractivity contribution in [2.45, 2.75) is 38.1 Å². The van der Waals surface area contributed by atoms with Gasteiger partial charge in [0.1, 0.15) is 5.75 Å². The van der Waals surface area contributed by atoms with Gasteiger partial charge in [-0.05, 0) is 49.2 Å². The number of ether oxygens (including phenoxy) is 2. The lowest BCUT2D eigenvalue weighted by molar-refractivity contribution is -0.121. The van der Waals surface area contributed by atoms with E-state index in [9.17, 15) is 9.59 Å². The molecule has 0 spiro atoms. The predicted molar refractivity (Wildman–Crippen MR) is 104 cm³/mol. The molecule has 0 bridgehead atoms. The van der Waals surface area contributed by atoms with Gasteiger partial charge >= 0.3 is 5.97 Å². The highest BCUT2D eigenvalue weighted by molar-refractivity contribution is 5.95. The third-order valence-electron chi connectivity index (χ3n) is 4.88. The van der Waals surface area contributed by atoms with E-state index in [4.69, 9.17) is 4.74 Å². The Morgan fingerprint density at radius 2 is 1.63 bits per heavy atom. The third-order valence-corrected chi connectivity index (χ3v) is 4.88. The number of para-hydroxylation sites is 1. The average Bonchev–Trinajstić information content (AvgIpc) is 2.74. The summed E-state index contributed by atoms with van der Waals surface area (Å²) in [5, 5.41) is 0. The first kappa shape index (κ1) is 19.0. The van der Waals surface area contributed by atoms with E-state index in [2.05, 4.69) is 4.74 Å². The molecule has 2 aromatic rings. The number of rotatable bonds is 6. The lowest BCUT2D eigenvalue weighted by Gasteiger charge is -2.34. The molecule has 0 radical (unpaired) electrons. The smallest absolute Gasteiger partial charge is 0.337 e. The summed E-state index contributed by atoms with van der Waals surface area (Å²) < 4.78 is 10.4. The number of amides is 1. The topological polar surface area (TPSA) is 55.8 Å². The number of benzene rings is 2. The fourth-order valence-electron chi connectivity index (χ4n) is 3.51. The second-order valence-corrected chi connectivity index (χ2v) is 6.70. The van der Waals surface area contributed by atoms with Crippen LogP contribution >= 0.6 is 0 Å². The van der Waals surface area contributed by atoms with E-state index >= 15 is 0 Å². The Kier molecular flexibility index (Phi) is 6.47. The minimum absolute atomic E-state index is 0.0387. The highest BCUT2D eigenvalue weighted by Gasteiger charge is 2.27. The van der Waals surface area contributed by atoms with Crippen LogP contribution in [0.2, 0.25) is 0 Å². The van der Waals surface area contributed by atoms with Crippen molar-refractivity contribution >= 4 is 17.6 Å². The van der Waals surface area contributed by atoms with Crippen LogP contribution in [0.25, 0.3) is 0 Å². The molecule has 1 amide bonds. The van der Waals surface area contributed by atoms with Crippen LogP contribution in [-0.2, 0) is 9.53 Å². The highest BCUT2D eigenvalue weighted by Crippen LogP contribution is 2.27. The van der Waals surface area contributed by atoms with Gasteiger partial charge in [-0.2, -0.15) is 0 Å². The molecule has 1 aliphatic carbocycles. The largest absolute Gasteiger partial charge is 0.484 e. The van der Waals surface area contributed by atoms with Gasteiger partial charge in [-0.1, -0.05) is 37.5 Å². The SMILES string of the molecule is COC(=O)c1ccc(OCC(=O)N(c2ccccc2)C2CCCCC2)cc1. The zero-order chi connectivity index (χ0) is 19.1. The Morgan fingerprint density at radius 3 is 2.26 bits per heavy atom. The molecule has 0 unspecified atom stereocenters. The minimum atomic E-state index is -0.398. The molecule has 0 aliphatic heterocycles. The Balaban J connectivity index is 1.68. The lowest BCUT2D eigenvalue weighted by atomic mass is 9.93. The van der Waals surface area contributed by atoms with Crippen molar-refractivity contribution in [2.24, 2.45) is 0 Å². The molecule has 1 fully saturated rings. The van der Waals surface area contributed by atoms with Crippen molar-refractivity contribution in [3.63, 3.8) is 0 Å². The molecule has 2 aromatic carbocycles. The van der Waals surface area contributed by atoms with Crippen LogP contribution in [-0.4, -0.2) is 31.6 Å². The molecule has 1 aliphatic rings. The number of esters is 1. The van der Waals surface area contributed by atoms with Gasteiger partial charge < -0.3 is 14.4 Å². The molecule has 0 N–H and O–H groups in total. The van der Waals surface area contributed by atoms with E-state index < -0.39 is 5.97 Å². The number of nitrogens with zero attached hydrogens (tertiary/aromatic N) is 1. The van der Waals surface area contributed by atoms with Gasteiger partial charge in [0.2, 0.25) is 0 Å². The molecule has 27 heavy (non-hydrogen) atoms. The molecule has 142 valence electrons. The van der Waals surface area contributed by atoms with Gasteiger partial charge in [-0.3, -0.25) is 4.79 Å². The molecule has 0 saturated heterocycles. The molecule has 0 heterocycles. The maximum atomic E-state index is 13.0. The van der Waals surface area contributed by atoms with Crippen LogP contribution in [0.3, 0.4) is 0 Å². The summed E-state index contributed by atoms with van der Waals surface area (Å²) in [5.74, 6) is 0.1000. The van der Waals surface area contributed by atoms with Crippen molar-refractivity contribution in [1.82, 2.24) is 0 Å². The Labute approximate surface area is 159 Å². The van der Waals surface area contributed by atoms with Crippen molar-refractivity contribution in [3.8, 4) is 5.75 Å². The van der Waals surface area contributed by atoms with Crippen LogP contribution in [0.15, 0.2) is 54.6 Å². The highest BCUT2D eigenvalue weighted by atomic mass is 16.5. The monoisotopic (exact) mass is 367 g/mol. The van der Waals surface area contributed by atoms with E-state index in [0.717, 1.165) is 31.4 Å². The molecule has 1 saturated carbocycles. The summed E-state index contributed by atoms with van der Waals surface area (Å²) in [5.41, 5.74) is 1.36. The number of methoxy groups -OCH3 is 1. The maximum Gasteiger partial charge on any atom is 0.337 e. The second-order valence-electron chi connectivity index (χ2n) is 6.70. The Morgan fingerprint density at radius 1 is 0.963 bits per heavy atom. The third kappa shape index (κ3) is 4.88. The number of hydrogen-bond acceptors (Lipinski definition) is 4. The number of anilines is 1. The summed E-state index contributed by atoms with van der Waals surface area (Å²) in [6.07, 6.45) is 5.58. The van der Waals surface area contributed by atoms with E-state index in [-0.39, 0.29) is 18.6 Å². The summed E-state index contributed by atoms with van der Waals surface area (Å²) in [4.78, 5) is 26.3. The van der Waals surface area contributed by atoms with Gasteiger partial charge in [-0.15, -0.1) is 0 Å². The summed E-state index contributed by atoms with van der Waals surface area (Å²) >= 11 is 0. The van der Waals surface area contributed by atoms with E-state index in [0.29, 0.717) is 11.3 Å². The van der Waals surface area contributed by atoms with Crippen LogP contribution in [0.4, 0.5) is 5.69 Å². The summed E-state index contributed by atoms with van der Waals surface area (Å²) in [6, 6.07) is 16.6.